The standard InChI is InChI=1S/C9H15NO2S/c11-9(12)7-1-3-10(5-7)8-2-4-13-6-8/h7-8H,1-6H2,(H,11,12). The Labute approximate surface area is 82.5 Å². The van der Waals surface area contributed by atoms with Gasteiger partial charge in [0.15, 0.2) is 0 Å². The second-order valence-electron chi connectivity index (χ2n) is 3.84. The maximum atomic E-state index is 10.7. The smallest absolute Gasteiger partial charge is 0.307 e. The van der Waals surface area contributed by atoms with E-state index in [1.165, 1.54) is 17.9 Å². The van der Waals surface area contributed by atoms with Gasteiger partial charge in [0.05, 0.1) is 5.92 Å². The number of carboxylic acids is 1. The van der Waals surface area contributed by atoms with Crippen molar-refractivity contribution in [3.63, 3.8) is 0 Å². The van der Waals surface area contributed by atoms with Crippen molar-refractivity contribution in [2.24, 2.45) is 5.92 Å². The maximum absolute atomic E-state index is 10.7. The molecule has 4 heteroatoms. The van der Waals surface area contributed by atoms with Gasteiger partial charge in [0.2, 0.25) is 0 Å². The van der Waals surface area contributed by atoms with E-state index in [1.807, 2.05) is 11.8 Å². The second kappa shape index (κ2) is 3.88. The average Bonchev–Trinajstić information content (AvgIpc) is 2.75. The minimum atomic E-state index is -0.617. The third-order valence-corrected chi connectivity index (χ3v) is 4.14. The normalized spacial score (nSPS) is 35.4. The topological polar surface area (TPSA) is 40.5 Å². The van der Waals surface area contributed by atoms with Gasteiger partial charge in [-0.05, 0) is 25.1 Å². The van der Waals surface area contributed by atoms with Crippen LogP contribution in [0.25, 0.3) is 0 Å². The van der Waals surface area contributed by atoms with Crippen LogP contribution in [0.15, 0.2) is 0 Å². The predicted molar refractivity (Wildman–Crippen MR) is 53.0 cm³/mol. The Morgan fingerprint density at radius 3 is 2.85 bits per heavy atom. The Morgan fingerprint density at radius 1 is 1.46 bits per heavy atom. The van der Waals surface area contributed by atoms with Crippen LogP contribution in [0, 0.1) is 5.92 Å². The summed E-state index contributed by atoms with van der Waals surface area (Å²) in [6, 6.07) is 0.661. The highest BCUT2D eigenvalue weighted by Gasteiger charge is 2.33. The lowest BCUT2D eigenvalue weighted by atomic mass is 10.1. The van der Waals surface area contributed by atoms with Gasteiger partial charge < -0.3 is 5.11 Å². The van der Waals surface area contributed by atoms with E-state index in [4.69, 9.17) is 5.11 Å². The zero-order valence-corrected chi connectivity index (χ0v) is 8.42. The molecular formula is C9H15NO2S. The van der Waals surface area contributed by atoms with Crippen molar-refractivity contribution >= 4 is 17.7 Å². The Hall–Kier alpha value is -0.220. The summed E-state index contributed by atoms with van der Waals surface area (Å²) in [4.78, 5) is 13.1. The number of carbonyl (C=O) groups is 1. The van der Waals surface area contributed by atoms with Crippen molar-refractivity contribution in [2.75, 3.05) is 24.6 Å². The van der Waals surface area contributed by atoms with Crippen LogP contribution in [0.1, 0.15) is 12.8 Å². The second-order valence-corrected chi connectivity index (χ2v) is 4.99. The summed E-state index contributed by atoms with van der Waals surface area (Å²) in [5, 5.41) is 8.84. The molecular weight excluding hydrogens is 186 g/mol. The molecule has 0 radical (unpaired) electrons. The summed E-state index contributed by atoms with van der Waals surface area (Å²) < 4.78 is 0. The summed E-state index contributed by atoms with van der Waals surface area (Å²) in [5.74, 6) is 1.73. The molecule has 0 aromatic rings. The molecule has 2 aliphatic heterocycles. The van der Waals surface area contributed by atoms with E-state index in [9.17, 15) is 4.79 Å². The number of thioether (sulfide) groups is 1. The Kier molecular flexibility index (Phi) is 2.79. The molecule has 2 saturated heterocycles. The molecule has 0 aromatic heterocycles. The molecule has 0 spiro atoms. The number of hydrogen-bond donors (Lipinski definition) is 1. The van der Waals surface area contributed by atoms with E-state index in [-0.39, 0.29) is 5.92 Å². The van der Waals surface area contributed by atoms with Gasteiger partial charge in [0.1, 0.15) is 0 Å². The van der Waals surface area contributed by atoms with Crippen molar-refractivity contribution in [2.45, 2.75) is 18.9 Å². The van der Waals surface area contributed by atoms with Crippen LogP contribution in [0.3, 0.4) is 0 Å². The van der Waals surface area contributed by atoms with Crippen LogP contribution in [0.2, 0.25) is 0 Å². The molecule has 0 bridgehead atoms. The minimum absolute atomic E-state index is 0.106. The van der Waals surface area contributed by atoms with Gasteiger partial charge in [-0.15, -0.1) is 0 Å². The van der Waals surface area contributed by atoms with Gasteiger partial charge in [-0.1, -0.05) is 0 Å². The van der Waals surface area contributed by atoms with Crippen molar-refractivity contribution < 1.29 is 9.90 Å². The first-order valence-corrected chi connectivity index (χ1v) is 5.97. The van der Waals surface area contributed by atoms with Gasteiger partial charge in [0.25, 0.3) is 0 Å². The third-order valence-electron chi connectivity index (χ3n) is 2.99. The quantitative estimate of drug-likeness (QED) is 0.720. The molecule has 2 fully saturated rings. The third kappa shape index (κ3) is 1.99. The van der Waals surface area contributed by atoms with Crippen molar-refractivity contribution in [3.05, 3.63) is 0 Å². The van der Waals surface area contributed by atoms with Gasteiger partial charge in [0, 0.05) is 18.3 Å². The molecule has 13 heavy (non-hydrogen) atoms. The maximum Gasteiger partial charge on any atom is 0.307 e. The van der Waals surface area contributed by atoms with Crippen molar-refractivity contribution in [1.82, 2.24) is 4.90 Å². The number of rotatable bonds is 2. The van der Waals surface area contributed by atoms with E-state index in [0.717, 1.165) is 19.5 Å². The molecule has 3 nitrogen and oxygen atoms in total. The van der Waals surface area contributed by atoms with Gasteiger partial charge in [-0.25, -0.2) is 0 Å². The average molecular weight is 201 g/mol. The highest BCUT2D eigenvalue weighted by atomic mass is 32.2. The van der Waals surface area contributed by atoms with Crippen LogP contribution < -0.4 is 0 Å². The number of carboxylic acid groups (broad SMARTS) is 1. The molecule has 2 heterocycles. The van der Waals surface area contributed by atoms with E-state index in [2.05, 4.69) is 4.90 Å². The summed E-state index contributed by atoms with van der Waals surface area (Å²) in [7, 11) is 0. The summed E-state index contributed by atoms with van der Waals surface area (Å²) in [5.41, 5.74) is 0. The number of likely N-dealkylation sites (tertiary alicyclic amines) is 1. The first kappa shape index (κ1) is 9.34. The van der Waals surface area contributed by atoms with Gasteiger partial charge in [-0.3, -0.25) is 9.69 Å². The van der Waals surface area contributed by atoms with Gasteiger partial charge >= 0.3 is 5.97 Å². The monoisotopic (exact) mass is 201 g/mol. The first-order valence-electron chi connectivity index (χ1n) is 4.82. The Bertz CT molecular complexity index is 204. The first-order chi connectivity index (χ1) is 6.27. The van der Waals surface area contributed by atoms with Gasteiger partial charge in [-0.2, -0.15) is 11.8 Å². The molecule has 2 unspecified atom stereocenters. The molecule has 0 amide bonds. The number of aliphatic carboxylic acids is 1. The molecule has 0 aromatic carbocycles. The van der Waals surface area contributed by atoms with Crippen molar-refractivity contribution in [1.29, 1.82) is 0 Å². The SMILES string of the molecule is O=C(O)C1CCN(C2CCSC2)C1. The molecule has 2 rings (SSSR count). The van der Waals surface area contributed by atoms with Crippen LogP contribution in [0.5, 0.6) is 0 Å². The lowest BCUT2D eigenvalue weighted by Crippen LogP contribution is -2.33. The molecule has 2 atom stereocenters. The summed E-state index contributed by atoms with van der Waals surface area (Å²) in [6.45, 7) is 1.77. The fourth-order valence-corrected chi connectivity index (χ4v) is 3.39. The highest BCUT2D eigenvalue weighted by Crippen LogP contribution is 2.27. The van der Waals surface area contributed by atoms with E-state index in [0.29, 0.717) is 6.04 Å². The van der Waals surface area contributed by atoms with Crippen LogP contribution in [-0.2, 0) is 4.79 Å². The largest absolute Gasteiger partial charge is 0.481 e. The number of nitrogens with zero attached hydrogens (tertiary/aromatic N) is 1. The Morgan fingerprint density at radius 2 is 2.31 bits per heavy atom. The zero-order valence-electron chi connectivity index (χ0n) is 7.61. The molecule has 74 valence electrons. The minimum Gasteiger partial charge on any atom is -0.481 e. The number of hydrogen-bond acceptors (Lipinski definition) is 3. The summed E-state index contributed by atoms with van der Waals surface area (Å²) in [6.07, 6.45) is 2.09. The molecule has 0 saturated carbocycles. The van der Waals surface area contributed by atoms with E-state index >= 15 is 0 Å². The lowest BCUT2D eigenvalue weighted by molar-refractivity contribution is -0.141. The van der Waals surface area contributed by atoms with Crippen LogP contribution in [-0.4, -0.2) is 46.6 Å². The van der Waals surface area contributed by atoms with Crippen LogP contribution in [0.4, 0.5) is 0 Å². The van der Waals surface area contributed by atoms with E-state index in [1.54, 1.807) is 0 Å². The van der Waals surface area contributed by atoms with E-state index < -0.39 is 5.97 Å². The van der Waals surface area contributed by atoms with Crippen molar-refractivity contribution in [3.8, 4) is 0 Å². The fraction of sp³-hybridized carbons (Fsp3) is 0.889. The Balaban J connectivity index is 1.86. The molecule has 2 aliphatic rings. The highest BCUT2D eigenvalue weighted by molar-refractivity contribution is 7.99. The predicted octanol–water partition coefficient (Wildman–Crippen LogP) is 0.898. The van der Waals surface area contributed by atoms with Crippen LogP contribution >= 0.6 is 11.8 Å². The fourth-order valence-electron chi connectivity index (χ4n) is 2.13. The lowest BCUT2D eigenvalue weighted by Gasteiger charge is -2.22. The summed E-state index contributed by atoms with van der Waals surface area (Å²) >= 11 is 1.99. The zero-order chi connectivity index (χ0) is 9.26. The molecule has 0 aliphatic carbocycles. The molecule has 1 N–H and O–H groups in total.